The Labute approximate surface area is 153 Å². The lowest BCUT2D eigenvalue weighted by Gasteiger charge is -2.15. The molecule has 1 unspecified atom stereocenters. The molecule has 144 valence electrons. The van der Waals surface area contributed by atoms with Crippen LogP contribution in [0.1, 0.15) is 22.3 Å². The number of carbonyl (C=O) groups excluding carboxylic acids is 1. The summed E-state index contributed by atoms with van der Waals surface area (Å²) in [5, 5.41) is 5.35. The number of amides is 1. The zero-order chi connectivity index (χ0) is 19.7. The summed E-state index contributed by atoms with van der Waals surface area (Å²) >= 11 is 0. The van der Waals surface area contributed by atoms with Crippen LogP contribution in [0.25, 0.3) is 0 Å². The van der Waals surface area contributed by atoms with E-state index in [1.165, 1.54) is 30.5 Å². The van der Waals surface area contributed by atoms with Crippen LogP contribution in [0, 0.1) is 0 Å². The molecule has 1 aromatic heterocycles. The maximum Gasteiger partial charge on any atom is 0.416 e. The average Bonchev–Trinajstić information content (AvgIpc) is 2.93. The number of carbonyl (C=O) groups is 1. The van der Waals surface area contributed by atoms with Crippen LogP contribution in [0.5, 0.6) is 0 Å². The number of pyridine rings is 1. The molecule has 0 radical (unpaired) electrons. The van der Waals surface area contributed by atoms with Crippen molar-refractivity contribution >= 4 is 27.2 Å². The number of sulfone groups is 1. The molecule has 10 heteroatoms. The molecule has 1 atom stereocenters. The van der Waals surface area contributed by atoms with Crippen molar-refractivity contribution in [2.45, 2.75) is 18.6 Å². The predicted molar refractivity (Wildman–Crippen MR) is 93.5 cm³/mol. The van der Waals surface area contributed by atoms with E-state index in [9.17, 15) is 26.4 Å². The number of hydrogen-bond acceptors (Lipinski definition) is 5. The second kappa shape index (κ2) is 7.18. The molecule has 27 heavy (non-hydrogen) atoms. The molecular formula is C17H16F3N3O3S. The minimum atomic E-state index is -4.49. The first-order valence-electron chi connectivity index (χ1n) is 8.05. The van der Waals surface area contributed by atoms with Gasteiger partial charge in [-0.15, -0.1) is 0 Å². The summed E-state index contributed by atoms with van der Waals surface area (Å²) < 4.78 is 61.6. The first kappa shape index (κ1) is 19.2. The highest BCUT2D eigenvalue weighted by Crippen LogP contribution is 2.31. The summed E-state index contributed by atoms with van der Waals surface area (Å²) in [5.41, 5.74) is -0.592. The van der Waals surface area contributed by atoms with E-state index in [1.807, 2.05) is 0 Å². The molecule has 2 N–H and O–H groups in total. The van der Waals surface area contributed by atoms with Crippen LogP contribution >= 0.6 is 0 Å². The lowest BCUT2D eigenvalue weighted by molar-refractivity contribution is -0.137. The Morgan fingerprint density at radius 1 is 1.19 bits per heavy atom. The SMILES string of the molecule is O=C(NC1CCS(=O)(=O)C1)c1cccnc1Nc1cccc(C(F)(F)F)c1. The number of alkyl halides is 3. The van der Waals surface area contributed by atoms with Gasteiger partial charge in [0.15, 0.2) is 9.84 Å². The minimum Gasteiger partial charge on any atom is -0.348 e. The van der Waals surface area contributed by atoms with Crippen molar-refractivity contribution in [3.05, 3.63) is 53.7 Å². The maximum absolute atomic E-state index is 12.8. The molecule has 2 heterocycles. The van der Waals surface area contributed by atoms with Crippen molar-refractivity contribution < 1.29 is 26.4 Å². The topological polar surface area (TPSA) is 88.2 Å². The Balaban J connectivity index is 1.79. The molecule has 1 aliphatic rings. The largest absolute Gasteiger partial charge is 0.416 e. The number of nitrogens with one attached hydrogen (secondary N) is 2. The minimum absolute atomic E-state index is 0.0142. The van der Waals surface area contributed by atoms with Gasteiger partial charge in [-0.1, -0.05) is 6.07 Å². The van der Waals surface area contributed by atoms with E-state index in [2.05, 4.69) is 15.6 Å². The first-order valence-corrected chi connectivity index (χ1v) is 9.87. The van der Waals surface area contributed by atoms with Gasteiger partial charge in [0.2, 0.25) is 0 Å². The molecule has 0 spiro atoms. The fourth-order valence-corrected chi connectivity index (χ4v) is 4.44. The van der Waals surface area contributed by atoms with E-state index >= 15 is 0 Å². The molecule has 0 aliphatic carbocycles. The molecule has 0 saturated carbocycles. The van der Waals surface area contributed by atoms with Crippen molar-refractivity contribution in [2.24, 2.45) is 0 Å². The zero-order valence-corrected chi connectivity index (χ0v) is 14.8. The van der Waals surface area contributed by atoms with Crippen molar-refractivity contribution in [1.29, 1.82) is 0 Å². The van der Waals surface area contributed by atoms with Crippen molar-refractivity contribution in [2.75, 3.05) is 16.8 Å². The Hall–Kier alpha value is -2.62. The second-order valence-electron chi connectivity index (χ2n) is 6.18. The zero-order valence-electron chi connectivity index (χ0n) is 14.0. The first-order chi connectivity index (χ1) is 12.6. The van der Waals surface area contributed by atoms with Crippen LogP contribution < -0.4 is 10.6 Å². The average molecular weight is 399 g/mol. The Bertz CT molecular complexity index is 961. The van der Waals surface area contributed by atoms with Gasteiger partial charge in [-0.2, -0.15) is 13.2 Å². The molecule has 2 aromatic rings. The number of rotatable bonds is 4. The van der Waals surface area contributed by atoms with E-state index in [1.54, 1.807) is 0 Å². The normalized spacial score (nSPS) is 18.9. The van der Waals surface area contributed by atoms with Gasteiger partial charge in [0, 0.05) is 17.9 Å². The highest BCUT2D eigenvalue weighted by molar-refractivity contribution is 7.91. The van der Waals surface area contributed by atoms with E-state index < -0.39 is 33.5 Å². The standard InChI is InChI=1S/C17H16F3N3O3S/c18-17(19,20)11-3-1-4-12(9-11)22-15-14(5-2-7-21-15)16(24)23-13-6-8-27(25,26)10-13/h1-5,7,9,13H,6,8,10H2,(H,21,22)(H,23,24). The van der Waals surface area contributed by atoms with Gasteiger partial charge in [-0.3, -0.25) is 4.79 Å². The van der Waals surface area contributed by atoms with Gasteiger partial charge in [-0.05, 0) is 36.8 Å². The number of anilines is 2. The molecule has 6 nitrogen and oxygen atoms in total. The van der Waals surface area contributed by atoms with Gasteiger partial charge in [-0.25, -0.2) is 13.4 Å². The highest BCUT2D eigenvalue weighted by atomic mass is 32.2. The number of aromatic nitrogens is 1. The highest BCUT2D eigenvalue weighted by Gasteiger charge is 2.31. The molecule has 0 bridgehead atoms. The fourth-order valence-electron chi connectivity index (χ4n) is 2.77. The summed E-state index contributed by atoms with van der Waals surface area (Å²) in [4.78, 5) is 16.5. The molecule has 3 rings (SSSR count). The maximum atomic E-state index is 12.8. The van der Waals surface area contributed by atoms with Crippen LogP contribution in [0.4, 0.5) is 24.7 Å². The van der Waals surface area contributed by atoms with E-state index in [0.717, 1.165) is 12.1 Å². The van der Waals surface area contributed by atoms with Crippen molar-refractivity contribution in [1.82, 2.24) is 10.3 Å². The van der Waals surface area contributed by atoms with E-state index in [0.29, 0.717) is 6.42 Å². The monoisotopic (exact) mass is 399 g/mol. The molecule has 1 fully saturated rings. The third-order valence-corrected chi connectivity index (χ3v) is 5.84. The second-order valence-corrected chi connectivity index (χ2v) is 8.41. The smallest absolute Gasteiger partial charge is 0.348 e. The van der Waals surface area contributed by atoms with Crippen LogP contribution in [0.2, 0.25) is 0 Å². The lowest BCUT2D eigenvalue weighted by Crippen LogP contribution is -2.36. The van der Waals surface area contributed by atoms with Gasteiger partial charge < -0.3 is 10.6 Å². The number of benzene rings is 1. The summed E-state index contributed by atoms with van der Waals surface area (Å²) in [6.07, 6.45) is -2.77. The molecular weight excluding hydrogens is 383 g/mol. The van der Waals surface area contributed by atoms with Gasteiger partial charge in [0.25, 0.3) is 5.91 Å². The van der Waals surface area contributed by atoms with Gasteiger partial charge in [0.1, 0.15) is 5.82 Å². The lowest BCUT2D eigenvalue weighted by atomic mass is 10.1. The Morgan fingerprint density at radius 3 is 2.63 bits per heavy atom. The van der Waals surface area contributed by atoms with E-state index in [4.69, 9.17) is 0 Å². The van der Waals surface area contributed by atoms with Crippen LogP contribution in [0.15, 0.2) is 42.6 Å². The number of nitrogens with zero attached hydrogens (tertiary/aromatic N) is 1. The fraction of sp³-hybridized carbons (Fsp3) is 0.294. The predicted octanol–water partition coefficient (Wildman–Crippen LogP) is 2.76. The number of halogens is 3. The van der Waals surface area contributed by atoms with Gasteiger partial charge in [0.05, 0.1) is 22.6 Å². The third kappa shape index (κ3) is 4.76. The Morgan fingerprint density at radius 2 is 1.96 bits per heavy atom. The quantitative estimate of drug-likeness (QED) is 0.826. The summed E-state index contributed by atoms with van der Waals surface area (Å²) in [5.74, 6) is -0.578. The van der Waals surface area contributed by atoms with Crippen molar-refractivity contribution in [3.63, 3.8) is 0 Å². The summed E-state index contributed by atoms with van der Waals surface area (Å²) in [6, 6.07) is 7.01. The van der Waals surface area contributed by atoms with E-state index in [-0.39, 0.29) is 28.6 Å². The van der Waals surface area contributed by atoms with Gasteiger partial charge >= 0.3 is 6.18 Å². The van der Waals surface area contributed by atoms with Crippen LogP contribution in [0.3, 0.4) is 0 Å². The molecule has 1 amide bonds. The summed E-state index contributed by atoms with van der Waals surface area (Å²) in [6.45, 7) is 0. The van der Waals surface area contributed by atoms with Crippen LogP contribution in [-0.2, 0) is 16.0 Å². The number of hydrogen-bond donors (Lipinski definition) is 2. The van der Waals surface area contributed by atoms with Crippen LogP contribution in [-0.4, -0.2) is 36.9 Å². The summed E-state index contributed by atoms with van der Waals surface area (Å²) in [7, 11) is -3.15. The molecule has 1 aliphatic heterocycles. The molecule has 1 aromatic carbocycles. The Kier molecular flexibility index (Phi) is 5.09. The third-order valence-electron chi connectivity index (χ3n) is 4.07. The molecule has 1 saturated heterocycles. The van der Waals surface area contributed by atoms with Crippen molar-refractivity contribution in [3.8, 4) is 0 Å².